The lowest BCUT2D eigenvalue weighted by atomic mass is 9.92. The maximum absolute atomic E-state index is 13.3. The molecule has 4 aromatic rings. The standard InChI is InChI=1S/C28H25ClN4O2/c1-16-5-8-20(9-6-16)26-31-27(35-32-26)24-19(4)33(23-13-11-22(29)12-14-23)28(34)30-25(24)21-10-7-17(2)18(3)15-21/h5-15,25H,1-4H3,(H,30,34). The molecule has 7 heteroatoms. The largest absolute Gasteiger partial charge is 0.334 e. The first-order chi connectivity index (χ1) is 16.8. The summed E-state index contributed by atoms with van der Waals surface area (Å²) in [5.41, 5.74) is 7.42. The van der Waals surface area contributed by atoms with E-state index in [-0.39, 0.29) is 6.03 Å². The van der Waals surface area contributed by atoms with Crippen molar-refractivity contribution >= 4 is 28.9 Å². The Bertz CT molecular complexity index is 1440. The van der Waals surface area contributed by atoms with Crippen LogP contribution in [0.2, 0.25) is 5.02 Å². The molecule has 35 heavy (non-hydrogen) atoms. The lowest BCUT2D eigenvalue weighted by molar-refractivity contribution is 0.244. The van der Waals surface area contributed by atoms with E-state index in [9.17, 15) is 4.79 Å². The molecule has 2 heterocycles. The van der Waals surface area contributed by atoms with Gasteiger partial charge >= 0.3 is 6.03 Å². The van der Waals surface area contributed by atoms with Gasteiger partial charge in [-0.05, 0) is 68.7 Å². The van der Waals surface area contributed by atoms with Crippen LogP contribution in [-0.4, -0.2) is 16.2 Å². The van der Waals surface area contributed by atoms with E-state index < -0.39 is 6.04 Å². The predicted molar refractivity (Wildman–Crippen MR) is 138 cm³/mol. The minimum absolute atomic E-state index is 0.241. The molecule has 0 saturated heterocycles. The van der Waals surface area contributed by atoms with Crippen LogP contribution in [-0.2, 0) is 0 Å². The normalized spacial score (nSPS) is 16.0. The zero-order valence-electron chi connectivity index (χ0n) is 20.0. The first kappa shape index (κ1) is 22.9. The predicted octanol–water partition coefficient (Wildman–Crippen LogP) is 7.02. The van der Waals surface area contributed by atoms with E-state index in [2.05, 4.69) is 36.5 Å². The molecule has 1 aromatic heterocycles. The molecule has 1 aliphatic heterocycles. The molecule has 6 nitrogen and oxygen atoms in total. The summed E-state index contributed by atoms with van der Waals surface area (Å²) < 4.78 is 5.79. The molecule has 5 rings (SSSR count). The number of urea groups is 1. The highest BCUT2D eigenvalue weighted by molar-refractivity contribution is 6.30. The third kappa shape index (κ3) is 4.33. The number of benzene rings is 3. The fourth-order valence-electron chi connectivity index (χ4n) is 4.27. The van der Waals surface area contributed by atoms with Gasteiger partial charge in [0.05, 0.1) is 17.3 Å². The fourth-order valence-corrected chi connectivity index (χ4v) is 4.39. The van der Waals surface area contributed by atoms with Crippen molar-refractivity contribution in [1.82, 2.24) is 15.5 Å². The van der Waals surface area contributed by atoms with Gasteiger partial charge in [0.1, 0.15) is 0 Å². The Morgan fingerprint density at radius 2 is 1.63 bits per heavy atom. The second-order valence-electron chi connectivity index (χ2n) is 8.83. The van der Waals surface area contributed by atoms with Crippen LogP contribution in [0.25, 0.3) is 17.0 Å². The lowest BCUT2D eigenvalue weighted by Crippen LogP contribution is -2.46. The maximum atomic E-state index is 13.3. The zero-order chi connectivity index (χ0) is 24.7. The third-order valence-corrected chi connectivity index (χ3v) is 6.65. The molecule has 1 N–H and O–H groups in total. The molecule has 1 unspecified atom stereocenters. The summed E-state index contributed by atoms with van der Waals surface area (Å²) in [6, 6.07) is 20.6. The average molecular weight is 485 g/mol. The maximum Gasteiger partial charge on any atom is 0.326 e. The van der Waals surface area contributed by atoms with Crippen molar-refractivity contribution in [3.05, 3.63) is 106 Å². The van der Waals surface area contributed by atoms with Gasteiger partial charge in [0, 0.05) is 16.3 Å². The highest BCUT2D eigenvalue weighted by Gasteiger charge is 2.36. The van der Waals surface area contributed by atoms with Gasteiger partial charge in [-0.3, -0.25) is 4.90 Å². The van der Waals surface area contributed by atoms with Gasteiger partial charge in [-0.15, -0.1) is 0 Å². The number of carbonyl (C=O) groups excluding carboxylic acids is 1. The van der Waals surface area contributed by atoms with Crippen molar-refractivity contribution in [3.63, 3.8) is 0 Å². The fraction of sp³-hybridized carbons (Fsp3) is 0.179. The summed E-state index contributed by atoms with van der Waals surface area (Å²) in [5, 5.41) is 7.99. The lowest BCUT2D eigenvalue weighted by Gasteiger charge is -2.35. The number of nitrogens with zero attached hydrogens (tertiary/aromatic N) is 3. The number of carbonyl (C=O) groups is 1. The summed E-state index contributed by atoms with van der Waals surface area (Å²) in [6.07, 6.45) is 0. The van der Waals surface area contributed by atoms with Crippen molar-refractivity contribution in [2.75, 3.05) is 4.90 Å². The number of rotatable bonds is 4. The number of hydrogen-bond donors (Lipinski definition) is 1. The Morgan fingerprint density at radius 3 is 2.31 bits per heavy atom. The first-order valence-electron chi connectivity index (χ1n) is 11.4. The quantitative estimate of drug-likeness (QED) is 0.338. The Kier molecular flexibility index (Phi) is 5.91. The average Bonchev–Trinajstić information content (AvgIpc) is 3.32. The first-order valence-corrected chi connectivity index (χ1v) is 11.7. The van der Waals surface area contributed by atoms with Crippen LogP contribution in [0.15, 0.2) is 77.0 Å². The van der Waals surface area contributed by atoms with Crippen molar-refractivity contribution in [1.29, 1.82) is 0 Å². The van der Waals surface area contributed by atoms with Crippen molar-refractivity contribution < 1.29 is 9.32 Å². The number of aromatic nitrogens is 2. The van der Waals surface area contributed by atoms with Crippen LogP contribution in [0.4, 0.5) is 10.5 Å². The molecule has 176 valence electrons. The Balaban J connectivity index is 1.66. The van der Waals surface area contributed by atoms with Crippen molar-refractivity contribution in [3.8, 4) is 11.4 Å². The van der Waals surface area contributed by atoms with Crippen LogP contribution < -0.4 is 10.2 Å². The second kappa shape index (κ2) is 9.04. The molecular weight excluding hydrogens is 460 g/mol. The Hall–Kier alpha value is -3.90. The molecule has 0 fully saturated rings. The molecule has 0 bridgehead atoms. The van der Waals surface area contributed by atoms with Gasteiger partial charge in [0.2, 0.25) is 5.82 Å². The van der Waals surface area contributed by atoms with E-state index in [0.29, 0.717) is 28.1 Å². The van der Waals surface area contributed by atoms with Crippen LogP contribution in [0.1, 0.15) is 41.1 Å². The van der Waals surface area contributed by atoms with E-state index in [1.54, 1.807) is 17.0 Å². The summed E-state index contributed by atoms with van der Waals surface area (Å²) in [6.45, 7) is 8.05. The molecule has 0 saturated carbocycles. The summed E-state index contributed by atoms with van der Waals surface area (Å²) in [7, 11) is 0. The number of amides is 2. The smallest absolute Gasteiger partial charge is 0.326 e. The van der Waals surface area contributed by atoms with Gasteiger partial charge in [-0.25, -0.2) is 4.79 Å². The molecule has 1 aliphatic rings. The third-order valence-electron chi connectivity index (χ3n) is 6.40. The topological polar surface area (TPSA) is 71.3 Å². The minimum atomic E-state index is -0.448. The number of allylic oxidation sites excluding steroid dienone is 1. The van der Waals surface area contributed by atoms with Crippen LogP contribution in [0.3, 0.4) is 0 Å². The summed E-state index contributed by atoms with van der Waals surface area (Å²) in [5.74, 6) is 0.856. The van der Waals surface area contributed by atoms with Gasteiger partial charge < -0.3 is 9.84 Å². The monoisotopic (exact) mass is 484 g/mol. The molecule has 2 amide bonds. The van der Waals surface area contributed by atoms with Crippen molar-refractivity contribution in [2.45, 2.75) is 33.7 Å². The van der Waals surface area contributed by atoms with E-state index in [1.807, 2.05) is 56.3 Å². The number of aryl methyl sites for hydroxylation is 3. The summed E-state index contributed by atoms with van der Waals surface area (Å²) in [4.78, 5) is 19.7. The van der Waals surface area contributed by atoms with Crippen LogP contribution in [0.5, 0.6) is 0 Å². The van der Waals surface area contributed by atoms with Gasteiger partial charge in [-0.2, -0.15) is 4.98 Å². The highest BCUT2D eigenvalue weighted by Crippen LogP contribution is 2.39. The van der Waals surface area contributed by atoms with Crippen LogP contribution in [0, 0.1) is 20.8 Å². The van der Waals surface area contributed by atoms with Gasteiger partial charge in [0.15, 0.2) is 0 Å². The molecule has 0 spiro atoms. The molecule has 0 radical (unpaired) electrons. The van der Waals surface area contributed by atoms with Gasteiger partial charge in [0.25, 0.3) is 5.89 Å². The van der Waals surface area contributed by atoms with E-state index in [0.717, 1.165) is 27.8 Å². The Morgan fingerprint density at radius 1 is 0.914 bits per heavy atom. The minimum Gasteiger partial charge on any atom is -0.334 e. The van der Waals surface area contributed by atoms with E-state index in [4.69, 9.17) is 21.1 Å². The molecule has 1 atom stereocenters. The number of halogens is 1. The zero-order valence-corrected chi connectivity index (χ0v) is 20.7. The Labute approximate surface area is 209 Å². The van der Waals surface area contributed by atoms with Crippen molar-refractivity contribution in [2.24, 2.45) is 0 Å². The SMILES string of the molecule is CC1=C(c2nc(-c3ccc(C)cc3)no2)C(c2ccc(C)c(C)c2)NC(=O)N1c1ccc(Cl)cc1. The second-order valence-corrected chi connectivity index (χ2v) is 9.26. The van der Waals surface area contributed by atoms with E-state index >= 15 is 0 Å². The number of hydrogen-bond acceptors (Lipinski definition) is 4. The van der Waals surface area contributed by atoms with E-state index in [1.165, 1.54) is 5.56 Å². The molecular formula is C28H25ClN4O2. The summed E-state index contributed by atoms with van der Waals surface area (Å²) >= 11 is 6.09. The number of anilines is 1. The molecule has 0 aliphatic carbocycles. The van der Waals surface area contributed by atoms with Gasteiger partial charge in [-0.1, -0.05) is 64.8 Å². The highest BCUT2D eigenvalue weighted by atomic mass is 35.5. The molecule has 3 aromatic carbocycles. The number of nitrogens with one attached hydrogen (secondary N) is 1. The van der Waals surface area contributed by atoms with Crippen LogP contribution >= 0.6 is 11.6 Å².